The second kappa shape index (κ2) is 9.84. The van der Waals surface area contributed by atoms with Crippen LogP contribution in [0.25, 0.3) is 0 Å². The third-order valence-corrected chi connectivity index (χ3v) is 4.96. The number of hydrogen-bond donors (Lipinski definition) is 0. The Morgan fingerprint density at radius 1 is 1.31 bits per heavy atom. The molecule has 156 valence electrons. The Balaban J connectivity index is 1.77. The molecule has 0 saturated carbocycles. The zero-order valence-electron chi connectivity index (χ0n) is 16.7. The number of methoxy groups -OCH3 is 1. The average molecular weight is 405 g/mol. The predicted molar refractivity (Wildman–Crippen MR) is 103 cm³/mol. The van der Waals surface area contributed by atoms with Gasteiger partial charge < -0.3 is 14.4 Å². The molecule has 2 aromatic rings. The van der Waals surface area contributed by atoms with Crippen LogP contribution in [-0.4, -0.2) is 54.2 Å². The molecule has 1 aliphatic heterocycles. The Hall–Kier alpha value is -2.45. The molecule has 3 rings (SSSR count). The van der Waals surface area contributed by atoms with Gasteiger partial charge in [0.15, 0.2) is 0 Å². The van der Waals surface area contributed by atoms with Crippen LogP contribution < -0.4 is 0 Å². The number of benzene rings is 1. The third kappa shape index (κ3) is 5.33. The van der Waals surface area contributed by atoms with Crippen molar-refractivity contribution in [3.63, 3.8) is 0 Å². The Labute approximate surface area is 168 Å². The minimum absolute atomic E-state index is 0.0213. The van der Waals surface area contributed by atoms with Crippen LogP contribution >= 0.6 is 0 Å². The summed E-state index contributed by atoms with van der Waals surface area (Å²) in [6.07, 6.45) is 3.34. The maximum atomic E-state index is 14.1. The zero-order valence-corrected chi connectivity index (χ0v) is 16.7. The summed E-state index contributed by atoms with van der Waals surface area (Å²) in [6.45, 7) is 3.99. The monoisotopic (exact) mass is 405 g/mol. The second-order valence-corrected chi connectivity index (χ2v) is 7.09. The Morgan fingerprint density at radius 2 is 2.14 bits per heavy atom. The summed E-state index contributed by atoms with van der Waals surface area (Å²) in [5.41, 5.74) is 1.46. The summed E-state index contributed by atoms with van der Waals surface area (Å²) in [6, 6.07) is 2.93. The number of carbonyl (C=O) groups excluding carboxylic acids is 1. The lowest BCUT2D eigenvalue weighted by molar-refractivity contribution is 0.0602. The summed E-state index contributed by atoms with van der Waals surface area (Å²) >= 11 is 0. The molecule has 1 aliphatic rings. The van der Waals surface area contributed by atoms with Gasteiger partial charge in [0, 0.05) is 37.9 Å². The molecule has 8 heteroatoms. The Kier molecular flexibility index (Phi) is 7.22. The van der Waals surface area contributed by atoms with E-state index in [2.05, 4.69) is 9.97 Å². The molecule has 1 aromatic heterocycles. The summed E-state index contributed by atoms with van der Waals surface area (Å²) < 4.78 is 38.2. The van der Waals surface area contributed by atoms with Crippen LogP contribution in [0.2, 0.25) is 0 Å². The number of amides is 1. The van der Waals surface area contributed by atoms with Crippen LogP contribution in [-0.2, 0) is 16.1 Å². The highest BCUT2D eigenvalue weighted by molar-refractivity contribution is 5.94. The minimum Gasteiger partial charge on any atom is -0.382 e. The largest absolute Gasteiger partial charge is 0.382 e. The molecule has 0 spiro atoms. The molecule has 2 heterocycles. The van der Waals surface area contributed by atoms with E-state index in [1.54, 1.807) is 18.2 Å². The number of rotatable bonds is 7. The number of ether oxygens (including phenoxy) is 2. The van der Waals surface area contributed by atoms with Gasteiger partial charge in [-0.05, 0) is 38.0 Å². The van der Waals surface area contributed by atoms with E-state index in [9.17, 15) is 13.6 Å². The van der Waals surface area contributed by atoms with Crippen molar-refractivity contribution in [1.29, 1.82) is 0 Å². The van der Waals surface area contributed by atoms with Crippen LogP contribution in [0.1, 0.15) is 46.2 Å². The molecule has 1 amide bonds. The molecule has 0 aliphatic carbocycles. The summed E-state index contributed by atoms with van der Waals surface area (Å²) in [7, 11) is 1.61. The van der Waals surface area contributed by atoms with Gasteiger partial charge >= 0.3 is 0 Å². The topological polar surface area (TPSA) is 64.6 Å². The molecular weight excluding hydrogens is 380 g/mol. The van der Waals surface area contributed by atoms with Crippen molar-refractivity contribution in [3.05, 3.63) is 58.7 Å². The van der Waals surface area contributed by atoms with E-state index in [1.807, 2.05) is 6.92 Å². The van der Waals surface area contributed by atoms with Gasteiger partial charge in [0.1, 0.15) is 17.5 Å². The smallest absolute Gasteiger partial charge is 0.256 e. The highest BCUT2D eigenvalue weighted by Gasteiger charge is 2.29. The minimum atomic E-state index is -0.719. The first-order chi connectivity index (χ1) is 14.0. The molecule has 1 saturated heterocycles. The Morgan fingerprint density at radius 3 is 2.93 bits per heavy atom. The first kappa shape index (κ1) is 21.3. The molecule has 1 atom stereocenters. The van der Waals surface area contributed by atoms with Gasteiger partial charge in [0.2, 0.25) is 0 Å². The number of aromatic nitrogens is 2. The van der Waals surface area contributed by atoms with Crippen molar-refractivity contribution in [3.8, 4) is 0 Å². The first-order valence-corrected chi connectivity index (χ1v) is 9.63. The first-order valence-electron chi connectivity index (χ1n) is 9.63. The highest BCUT2D eigenvalue weighted by Crippen LogP contribution is 2.29. The van der Waals surface area contributed by atoms with Crippen LogP contribution in [0.5, 0.6) is 0 Å². The fourth-order valence-corrected chi connectivity index (χ4v) is 3.52. The number of likely N-dealkylation sites (tertiary alicyclic amines) is 1. The number of carbonyl (C=O) groups is 1. The highest BCUT2D eigenvalue weighted by atomic mass is 19.1. The number of hydrogen-bond acceptors (Lipinski definition) is 5. The van der Waals surface area contributed by atoms with Crippen LogP contribution in [0.3, 0.4) is 0 Å². The zero-order chi connectivity index (χ0) is 20.8. The lowest BCUT2D eigenvalue weighted by Crippen LogP contribution is -2.40. The number of piperidine rings is 1. The molecule has 1 aromatic carbocycles. The molecule has 0 bridgehead atoms. The van der Waals surface area contributed by atoms with E-state index >= 15 is 0 Å². The van der Waals surface area contributed by atoms with E-state index in [1.165, 1.54) is 0 Å². The van der Waals surface area contributed by atoms with Crippen molar-refractivity contribution < 1.29 is 23.0 Å². The van der Waals surface area contributed by atoms with Crippen molar-refractivity contribution in [2.75, 3.05) is 33.4 Å². The van der Waals surface area contributed by atoms with Crippen LogP contribution in [0.15, 0.2) is 24.4 Å². The summed E-state index contributed by atoms with van der Waals surface area (Å²) in [5, 5.41) is 0. The van der Waals surface area contributed by atoms with E-state index in [-0.39, 0.29) is 11.5 Å². The van der Waals surface area contributed by atoms with Gasteiger partial charge in [-0.15, -0.1) is 0 Å². The van der Waals surface area contributed by atoms with Gasteiger partial charge in [-0.2, -0.15) is 0 Å². The van der Waals surface area contributed by atoms with Crippen molar-refractivity contribution in [2.45, 2.75) is 32.3 Å². The molecule has 6 nitrogen and oxygen atoms in total. The molecule has 0 N–H and O–H groups in total. The number of nitrogens with zero attached hydrogens (tertiary/aromatic N) is 3. The lowest BCUT2D eigenvalue weighted by atomic mass is 9.91. The van der Waals surface area contributed by atoms with Gasteiger partial charge in [-0.25, -0.2) is 18.7 Å². The van der Waals surface area contributed by atoms with E-state index in [4.69, 9.17) is 9.47 Å². The molecular formula is C21H25F2N3O3. The number of aryl methyl sites for hydroxylation is 1. The van der Waals surface area contributed by atoms with Crippen molar-refractivity contribution in [2.24, 2.45) is 0 Å². The predicted octanol–water partition coefficient (Wildman–Crippen LogP) is 3.25. The van der Waals surface area contributed by atoms with Crippen molar-refractivity contribution in [1.82, 2.24) is 14.9 Å². The van der Waals surface area contributed by atoms with Crippen LogP contribution in [0, 0.1) is 18.6 Å². The van der Waals surface area contributed by atoms with E-state index in [0.717, 1.165) is 42.3 Å². The normalized spacial score (nSPS) is 16.8. The fourth-order valence-electron chi connectivity index (χ4n) is 3.52. The summed E-state index contributed by atoms with van der Waals surface area (Å²) in [5.74, 6) is -1.24. The average Bonchev–Trinajstić information content (AvgIpc) is 2.73. The fraction of sp³-hybridized carbons (Fsp3) is 0.476. The number of halogens is 2. The SMILES string of the molecule is COCCOCc1cnc(C)nc1C1CCCN(C(=O)c2cc(F)ccc2F)C1. The van der Waals surface area contributed by atoms with Gasteiger partial charge in [0.05, 0.1) is 31.1 Å². The van der Waals surface area contributed by atoms with Crippen LogP contribution in [0.4, 0.5) is 8.78 Å². The molecule has 1 fully saturated rings. The van der Waals surface area contributed by atoms with Gasteiger partial charge in [-0.3, -0.25) is 4.79 Å². The maximum absolute atomic E-state index is 14.1. The molecule has 1 unspecified atom stereocenters. The van der Waals surface area contributed by atoms with E-state index in [0.29, 0.717) is 38.7 Å². The summed E-state index contributed by atoms with van der Waals surface area (Å²) in [4.78, 5) is 23.2. The molecule has 0 radical (unpaired) electrons. The standard InChI is InChI=1S/C21H25F2N3O3/c1-14-24-11-16(13-29-9-8-28-2)20(25-14)15-4-3-7-26(12-15)21(27)18-10-17(22)5-6-19(18)23/h5-6,10-11,15H,3-4,7-9,12-13H2,1-2H3. The maximum Gasteiger partial charge on any atom is 0.256 e. The van der Waals surface area contributed by atoms with Crippen molar-refractivity contribution >= 4 is 5.91 Å². The quantitative estimate of drug-likeness (QED) is 0.662. The Bertz CT molecular complexity index is 863. The third-order valence-electron chi connectivity index (χ3n) is 4.96. The van der Waals surface area contributed by atoms with Gasteiger partial charge in [-0.1, -0.05) is 0 Å². The van der Waals surface area contributed by atoms with Gasteiger partial charge in [0.25, 0.3) is 5.91 Å². The lowest BCUT2D eigenvalue weighted by Gasteiger charge is -2.33. The van der Waals surface area contributed by atoms with E-state index < -0.39 is 17.5 Å². The molecule has 29 heavy (non-hydrogen) atoms. The second-order valence-electron chi connectivity index (χ2n) is 7.09.